The summed E-state index contributed by atoms with van der Waals surface area (Å²) in [5, 5.41) is 11.5. The summed E-state index contributed by atoms with van der Waals surface area (Å²) in [6.45, 7) is 2.27. The molecule has 6 nitrogen and oxygen atoms in total. The highest BCUT2D eigenvalue weighted by molar-refractivity contribution is 8.15. The molecular formula is C21H21ClN4O2S. The number of benzene rings is 2. The van der Waals surface area contributed by atoms with Crippen LogP contribution in [0, 0.1) is 5.41 Å². The molecular weight excluding hydrogens is 408 g/mol. The van der Waals surface area contributed by atoms with Gasteiger partial charge in [-0.05, 0) is 43.2 Å². The molecule has 1 atom stereocenters. The van der Waals surface area contributed by atoms with Crippen molar-refractivity contribution in [1.29, 1.82) is 5.41 Å². The van der Waals surface area contributed by atoms with E-state index in [1.165, 1.54) is 11.8 Å². The lowest BCUT2D eigenvalue weighted by Gasteiger charge is -2.29. The zero-order chi connectivity index (χ0) is 20.8. The van der Waals surface area contributed by atoms with Crippen LogP contribution >= 0.6 is 23.4 Å². The SMILES string of the molecule is CC(SC1=NC(=O)CC(=N)N1CCc1ccccc1)C(=O)Nc1ccc(Cl)cc1. The third-order valence-corrected chi connectivity index (χ3v) is 5.67. The average Bonchev–Trinajstić information content (AvgIpc) is 2.69. The zero-order valence-electron chi connectivity index (χ0n) is 15.9. The number of nitrogens with one attached hydrogen (secondary N) is 2. The highest BCUT2D eigenvalue weighted by Crippen LogP contribution is 2.23. The van der Waals surface area contributed by atoms with Crippen LogP contribution in [0.5, 0.6) is 0 Å². The fraction of sp³-hybridized carbons (Fsp3) is 0.238. The van der Waals surface area contributed by atoms with Crippen LogP contribution in [0.2, 0.25) is 5.02 Å². The van der Waals surface area contributed by atoms with Gasteiger partial charge in [-0.3, -0.25) is 15.0 Å². The third-order valence-electron chi connectivity index (χ3n) is 4.33. The Morgan fingerprint density at radius 2 is 1.93 bits per heavy atom. The van der Waals surface area contributed by atoms with Gasteiger partial charge in [-0.15, -0.1) is 0 Å². The Morgan fingerprint density at radius 3 is 2.62 bits per heavy atom. The molecule has 0 fully saturated rings. The van der Waals surface area contributed by atoms with E-state index >= 15 is 0 Å². The standard InChI is InChI=1S/C21H21ClN4O2S/c1-14(20(28)24-17-9-7-16(22)8-10-17)29-21-25-19(27)13-18(23)26(21)12-11-15-5-3-2-4-6-15/h2-10,14,23H,11-13H2,1H3,(H,24,28). The third kappa shape index (κ3) is 5.92. The van der Waals surface area contributed by atoms with Crippen LogP contribution < -0.4 is 5.32 Å². The van der Waals surface area contributed by atoms with Crippen molar-refractivity contribution in [1.82, 2.24) is 4.90 Å². The maximum absolute atomic E-state index is 12.5. The molecule has 150 valence electrons. The van der Waals surface area contributed by atoms with Gasteiger partial charge >= 0.3 is 0 Å². The van der Waals surface area contributed by atoms with Gasteiger partial charge in [-0.2, -0.15) is 4.99 Å². The van der Waals surface area contributed by atoms with E-state index in [-0.39, 0.29) is 24.1 Å². The summed E-state index contributed by atoms with van der Waals surface area (Å²) < 4.78 is 0. The van der Waals surface area contributed by atoms with Crippen LogP contribution in [0.1, 0.15) is 18.9 Å². The van der Waals surface area contributed by atoms with E-state index in [1.807, 2.05) is 30.3 Å². The Kier molecular flexibility index (Phi) is 7.06. The van der Waals surface area contributed by atoms with Gasteiger partial charge in [-0.25, -0.2) is 0 Å². The minimum absolute atomic E-state index is 0.0236. The second-order valence-corrected chi connectivity index (χ2v) is 8.30. The van der Waals surface area contributed by atoms with Gasteiger partial charge in [0.1, 0.15) is 5.84 Å². The summed E-state index contributed by atoms with van der Waals surface area (Å²) in [6, 6.07) is 16.8. The number of carbonyl (C=O) groups is 2. The van der Waals surface area contributed by atoms with Gasteiger partial charge < -0.3 is 10.2 Å². The van der Waals surface area contributed by atoms with Gasteiger partial charge in [0.25, 0.3) is 5.91 Å². The Bertz CT molecular complexity index is 931. The molecule has 0 saturated heterocycles. The quantitative estimate of drug-likeness (QED) is 0.721. The van der Waals surface area contributed by atoms with Crippen LogP contribution in [-0.4, -0.2) is 39.5 Å². The van der Waals surface area contributed by atoms with Crippen LogP contribution in [0.15, 0.2) is 59.6 Å². The Labute approximate surface area is 178 Å². The Hall–Kier alpha value is -2.64. The number of hydrogen-bond donors (Lipinski definition) is 2. The van der Waals surface area contributed by atoms with Crippen molar-refractivity contribution in [2.24, 2.45) is 4.99 Å². The van der Waals surface area contributed by atoms with E-state index in [0.29, 0.717) is 28.8 Å². The molecule has 0 aliphatic carbocycles. The summed E-state index contributed by atoms with van der Waals surface area (Å²) in [6.07, 6.45) is 0.687. The van der Waals surface area contributed by atoms with Gasteiger partial charge in [0.2, 0.25) is 5.91 Å². The average molecular weight is 429 g/mol. The Balaban J connectivity index is 1.66. The van der Waals surface area contributed by atoms with E-state index in [9.17, 15) is 9.59 Å². The lowest BCUT2D eigenvalue weighted by atomic mass is 10.1. The molecule has 0 saturated carbocycles. The lowest BCUT2D eigenvalue weighted by Crippen LogP contribution is -2.42. The molecule has 1 unspecified atom stereocenters. The number of halogens is 1. The van der Waals surface area contributed by atoms with Crippen molar-refractivity contribution in [3.63, 3.8) is 0 Å². The van der Waals surface area contributed by atoms with Crippen LogP contribution in [0.3, 0.4) is 0 Å². The number of amidine groups is 2. The second-order valence-electron chi connectivity index (χ2n) is 6.56. The second kappa shape index (κ2) is 9.71. The molecule has 3 rings (SSSR count). The first-order valence-corrected chi connectivity index (χ1v) is 10.4. The summed E-state index contributed by atoms with van der Waals surface area (Å²) in [5.74, 6) is -0.375. The number of hydrogen-bond acceptors (Lipinski definition) is 4. The molecule has 1 aliphatic rings. The minimum atomic E-state index is -0.498. The van der Waals surface area contributed by atoms with E-state index in [0.717, 1.165) is 5.56 Å². The number of rotatable bonds is 6. The van der Waals surface area contributed by atoms with Crippen molar-refractivity contribution < 1.29 is 9.59 Å². The fourth-order valence-corrected chi connectivity index (χ4v) is 3.85. The fourth-order valence-electron chi connectivity index (χ4n) is 2.76. The predicted molar refractivity (Wildman–Crippen MR) is 119 cm³/mol. The molecule has 2 aromatic carbocycles. The van der Waals surface area contributed by atoms with Crippen LogP contribution in [-0.2, 0) is 16.0 Å². The summed E-state index contributed by atoms with van der Waals surface area (Å²) in [7, 11) is 0. The van der Waals surface area contributed by atoms with Gasteiger partial charge in [0.05, 0.1) is 11.7 Å². The van der Waals surface area contributed by atoms with Crippen molar-refractivity contribution in [3.05, 3.63) is 65.2 Å². The zero-order valence-corrected chi connectivity index (χ0v) is 17.5. The van der Waals surface area contributed by atoms with E-state index in [1.54, 1.807) is 36.1 Å². The first-order chi connectivity index (χ1) is 13.9. The number of nitrogens with zero attached hydrogens (tertiary/aromatic N) is 2. The summed E-state index contributed by atoms with van der Waals surface area (Å²) in [5.41, 5.74) is 1.78. The van der Waals surface area contributed by atoms with Crippen LogP contribution in [0.4, 0.5) is 5.69 Å². The summed E-state index contributed by atoms with van der Waals surface area (Å²) in [4.78, 5) is 30.2. The first-order valence-electron chi connectivity index (χ1n) is 9.16. The highest BCUT2D eigenvalue weighted by atomic mass is 35.5. The molecule has 0 spiro atoms. The molecule has 0 bridgehead atoms. The maximum atomic E-state index is 12.5. The smallest absolute Gasteiger partial charge is 0.255 e. The maximum Gasteiger partial charge on any atom is 0.255 e. The first kappa shape index (κ1) is 21.1. The number of anilines is 1. The molecule has 8 heteroatoms. The van der Waals surface area contributed by atoms with Crippen molar-refractivity contribution in [3.8, 4) is 0 Å². The van der Waals surface area contributed by atoms with E-state index in [4.69, 9.17) is 17.0 Å². The monoisotopic (exact) mass is 428 g/mol. The molecule has 29 heavy (non-hydrogen) atoms. The number of thioether (sulfide) groups is 1. The van der Waals surface area contributed by atoms with Gasteiger partial charge in [0, 0.05) is 17.3 Å². The Morgan fingerprint density at radius 1 is 1.24 bits per heavy atom. The molecule has 2 aromatic rings. The normalized spacial score (nSPS) is 15.1. The molecule has 0 aromatic heterocycles. The molecule has 2 N–H and O–H groups in total. The molecule has 1 heterocycles. The molecule has 2 amide bonds. The predicted octanol–water partition coefficient (Wildman–Crippen LogP) is 4.21. The number of aliphatic imine (C=N–C) groups is 1. The number of amides is 2. The topological polar surface area (TPSA) is 85.6 Å². The largest absolute Gasteiger partial charge is 0.325 e. The van der Waals surface area contributed by atoms with E-state index in [2.05, 4.69) is 10.3 Å². The van der Waals surface area contributed by atoms with E-state index < -0.39 is 5.25 Å². The van der Waals surface area contributed by atoms with Crippen molar-refractivity contribution in [2.75, 3.05) is 11.9 Å². The van der Waals surface area contributed by atoms with Crippen LogP contribution in [0.25, 0.3) is 0 Å². The minimum Gasteiger partial charge on any atom is -0.325 e. The van der Waals surface area contributed by atoms with Crippen molar-refractivity contribution >= 4 is 51.9 Å². The summed E-state index contributed by atoms with van der Waals surface area (Å²) >= 11 is 7.04. The van der Waals surface area contributed by atoms with Crippen molar-refractivity contribution in [2.45, 2.75) is 25.0 Å². The molecule has 0 radical (unpaired) electrons. The number of carbonyl (C=O) groups excluding carboxylic acids is 2. The van der Waals surface area contributed by atoms with Gasteiger partial charge in [-0.1, -0.05) is 53.7 Å². The lowest BCUT2D eigenvalue weighted by molar-refractivity contribution is -0.117. The molecule has 1 aliphatic heterocycles. The van der Waals surface area contributed by atoms with Gasteiger partial charge in [0.15, 0.2) is 5.17 Å². The highest BCUT2D eigenvalue weighted by Gasteiger charge is 2.28.